The van der Waals surface area contributed by atoms with Gasteiger partial charge in [0.25, 0.3) is 0 Å². The Hall–Kier alpha value is -0.980. The van der Waals surface area contributed by atoms with E-state index in [1.54, 1.807) is 6.92 Å². The van der Waals surface area contributed by atoms with Crippen molar-refractivity contribution in [2.45, 2.75) is 16.7 Å². The summed E-state index contributed by atoms with van der Waals surface area (Å²) in [6.07, 6.45) is 3.01. The van der Waals surface area contributed by atoms with Gasteiger partial charge in [-0.15, -0.1) is 0 Å². The Kier molecular flexibility index (Phi) is 13.2. The minimum Gasteiger partial charge on any atom is -0.744 e. The molecule has 0 saturated carbocycles. The molecule has 2 aromatic rings. The van der Waals surface area contributed by atoms with E-state index in [2.05, 4.69) is 10.6 Å². The van der Waals surface area contributed by atoms with Gasteiger partial charge in [-0.2, -0.15) is 0 Å². The molecular formula is C18H19N3Na2O9S3. The van der Waals surface area contributed by atoms with Crippen LogP contribution in [0, 0.1) is 0 Å². The average molecular weight is 564 g/mol. The minimum atomic E-state index is -5.05. The molecule has 35 heavy (non-hydrogen) atoms. The zero-order valence-electron chi connectivity index (χ0n) is 19.2. The fourth-order valence-corrected chi connectivity index (χ4v) is 4.60. The van der Waals surface area contributed by atoms with Crippen LogP contribution in [0.15, 0.2) is 46.2 Å². The van der Waals surface area contributed by atoms with Crippen LogP contribution in [0.25, 0.3) is 12.2 Å². The van der Waals surface area contributed by atoms with Crippen LogP contribution < -0.4 is 74.5 Å². The van der Waals surface area contributed by atoms with E-state index in [9.17, 15) is 39.2 Å². The van der Waals surface area contributed by atoms with E-state index < -0.39 is 46.1 Å². The van der Waals surface area contributed by atoms with E-state index in [-0.39, 0.29) is 81.6 Å². The molecule has 0 unspecified atom stereocenters. The van der Waals surface area contributed by atoms with Gasteiger partial charge in [-0.3, -0.25) is 4.72 Å². The molecule has 0 aliphatic carbocycles. The third-order valence-electron chi connectivity index (χ3n) is 3.91. The second kappa shape index (κ2) is 13.5. The predicted molar refractivity (Wildman–Crippen MR) is 119 cm³/mol. The van der Waals surface area contributed by atoms with Crippen molar-refractivity contribution in [2.75, 3.05) is 22.8 Å². The number of nitrogens with one attached hydrogen (secondary N) is 3. The first-order chi connectivity index (χ1) is 15.1. The minimum absolute atomic E-state index is 0. The normalized spacial score (nSPS) is 11.8. The molecule has 0 aliphatic rings. The Labute approximate surface area is 248 Å². The molecule has 0 aromatic heterocycles. The molecule has 2 aromatic carbocycles. The second-order valence-corrected chi connectivity index (χ2v) is 11.1. The van der Waals surface area contributed by atoms with Crippen molar-refractivity contribution >= 4 is 59.8 Å². The molecule has 3 N–H and O–H groups in total. The number of amides is 2. The summed E-state index contributed by atoms with van der Waals surface area (Å²) in [5.41, 5.74) is -0.471. The SMILES string of the molecule is CCNC(=O)Nc1ccc(/C=C/c2ccc(NS(C)(=O)=O)cc2S(=O)(=O)[O-])c(S(=O)(=O)[O-])c1.[Na+].[Na+]. The number of sulfonamides is 1. The van der Waals surface area contributed by atoms with E-state index in [0.29, 0.717) is 6.54 Å². The van der Waals surface area contributed by atoms with Crippen LogP contribution in [0.5, 0.6) is 0 Å². The number of urea groups is 1. The van der Waals surface area contributed by atoms with E-state index in [4.69, 9.17) is 0 Å². The molecule has 0 fully saturated rings. The fraction of sp³-hybridized carbons (Fsp3) is 0.167. The summed E-state index contributed by atoms with van der Waals surface area (Å²) in [5, 5.41) is 4.79. The standard InChI is InChI=1S/C18H21N3O9S3.2Na/c1-3-19-18(22)20-14-8-6-12(16(10-14)32(25,26)27)4-5-13-7-9-15(21-31(2,23)24)11-17(13)33(28,29)30;;/h4-11,21H,3H2,1-2H3,(H2,19,20,22)(H,25,26,27)(H,28,29,30);;/q;2*+1/p-2/b5-4+;;. The molecule has 17 heteroatoms. The molecule has 0 atom stereocenters. The molecule has 0 heterocycles. The van der Waals surface area contributed by atoms with Gasteiger partial charge < -0.3 is 19.7 Å². The van der Waals surface area contributed by atoms with Gasteiger partial charge in [0.05, 0.1) is 16.0 Å². The number of carbonyl (C=O) groups is 1. The van der Waals surface area contributed by atoms with Crippen LogP contribution in [0.3, 0.4) is 0 Å². The van der Waals surface area contributed by atoms with E-state index >= 15 is 0 Å². The second-order valence-electron chi connectivity index (χ2n) is 6.61. The largest absolute Gasteiger partial charge is 1.00 e. The first-order valence-corrected chi connectivity index (χ1v) is 13.7. The van der Waals surface area contributed by atoms with Crippen molar-refractivity contribution < 1.29 is 98.3 Å². The number of benzene rings is 2. The third-order valence-corrected chi connectivity index (χ3v) is 6.30. The zero-order valence-corrected chi connectivity index (χ0v) is 25.7. The summed E-state index contributed by atoms with van der Waals surface area (Å²) < 4.78 is 94.8. The Morgan fingerprint density at radius 1 is 0.829 bits per heavy atom. The van der Waals surface area contributed by atoms with E-state index in [1.165, 1.54) is 18.2 Å². The van der Waals surface area contributed by atoms with Gasteiger partial charge in [0, 0.05) is 17.9 Å². The summed E-state index contributed by atoms with van der Waals surface area (Å²) in [5.74, 6) is 0. The number of hydrogen-bond donors (Lipinski definition) is 3. The van der Waals surface area contributed by atoms with Crippen molar-refractivity contribution in [1.29, 1.82) is 0 Å². The topological polar surface area (TPSA) is 202 Å². The van der Waals surface area contributed by atoms with Crippen LogP contribution in [0.4, 0.5) is 16.2 Å². The van der Waals surface area contributed by atoms with Crippen molar-refractivity contribution in [3.8, 4) is 0 Å². The van der Waals surface area contributed by atoms with Gasteiger partial charge in [-0.1, -0.05) is 24.3 Å². The summed E-state index contributed by atoms with van der Waals surface area (Å²) in [6.45, 7) is 1.98. The summed E-state index contributed by atoms with van der Waals surface area (Å²) in [6, 6.07) is 5.96. The van der Waals surface area contributed by atoms with Crippen molar-refractivity contribution in [1.82, 2.24) is 5.32 Å². The third kappa shape index (κ3) is 10.9. The summed E-state index contributed by atoms with van der Waals surface area (Å²) in [4.78, 5) is 10.2. The number of anilines is 2. The molecule has 0 bridgehead atoms. The maximum Gasteiger partial charge on any atom is 1.00 e. The van der Waals surface area contributed by atoms with Crippen molar-refractivity contribution in [3.05, 3.63) is 47.5 Å². The Bertz CT molecular complexity index is 1430. The first kappa shape index (κ1) is 34.0. The van der Waals surface area contributed by atoms with Crippen LogP contribution in [-0.4, -0.2) is 53.2 Å². The van der Waals surface area contributed by atoms with Crippen molar-refractivity contribution in [2.24, 2.45) is 0 Å². The van der Waals surface area contributed by atoms with E-state index in [0.717, 1.165) is 36.6 Å². The predicted octanol–water partition coefficient (Wildman–Crippen LogP) is -4.81. The van der Waals surface area contributed by atoms with Gasteiger partial charge in [0.2, 0.25) is 10.0 Å². The Balaban J connectivity index is 0.00000578. The van der Waals surface area contributed by atoms with Crippen LogP contribution in [-0.2, 0) is 30.3 Å². The molecule has 12 nitrogen and oxygen atoms in total. The van der Waals surface area contributed by atoms with Gasteiger partial charge in [0.15, 0.2) is 0 Å². The molecule has 2 amide bonds. The molecule has 0 aliphatic heterocycles. The summed E-state index contributed by atoms with van der Waals surface area (Å²) >= 11 is 0. The number of hydrogen-bond acceptors (Lipinski definition) is 9. The van der Waals surface area contributed by atoms with Crippen LogP contribution >= 0.6 is 0 Å². The Morgan fingerprint density at radius 3 is 1.66 bits per heavy atom. The van der Waals surface area contributed by atoms with Gasteiger partial charge in [0.1, 0.15) is 20.2 Å². The maximum atomic E-state index is 11.7. The fourth-order valence-electron chi connectivity index (χ4n) is 2.65. The van der Waals surface area contributed by atoms with Crippen LogP contribution in [0.2, 0.25) is 0 Å². The smallest absolute Gasteiger partial charge is 0.744 e. The number of rotatable bonds is 8. The van der Waals surface area contributed by atoms with Gasteiger partial charge in [-0.25, -0.2) is 30.0 Å². The molecule has 0 saturated heterocycles. The average Bonchev–Trinajstić information content (AvgIpc) is 2.65. The molecule has 0 radical (unpaired) electrons. The number of carbonyl (C=O) groups excluding carboxylic acids is 1. The van der Waals surface area contributed by atoms with Gasteiger partial charge >= 0.3 is 65.1 Å². The monoisotopic (exact) mass is 563 g/mol. The molecule has 0 spiro atoms. The van der Waals surface area contributed by atoms with Crippen molar-refractivity contribution in [3.63, 3.8) is 0 Å². The summed E-state index contributed by atoms with van der Waals surface area (Å²) in [7, 11) is -13.8. The first-order valence-electron chi connectivity index (χ1n) is 9.01. The maximum absolute atomic E-state index is 11.7. The quantitative estimate of drug-likeness (QED) is 0.160. The van der Waals surface area contributed by atoms with Gasteiger partial charge in [-0.05, 0) is 42.3 Å². The molecule has 2 rings (SSSR count). The van der Waals surface area contributed by atoms with E-state index in [1.807, 2.05) is 4.72 Å². The molecule has 180 valence electrons. The van der Waals surface area contributed by atoms with Crippen LogP contribution in [0.1, 0.15) is 18.1 Å². The Morgan fingerprint density at radius 2 is 1.26 bits per heavy atom. The molecular weight excluding hydrogens is 544 g/mol. The zero-order chi connectivity index (χ0) is 25.0.